The van der Waals surface area contributed by atoms with E-state index < -0.39 is 0 Å². The van der Waals surface area contributed by atoms with Gasteiger partial charge >= 0.3 is 0 Å². The van der Waals surface area contributed by atoms with Crippen LogP contribution in [-0.2, 0) is 0 Å². The molecule has 1 N–H and O–H groups in total. The van der Waals surface area contributed by atoms with Gasteiger partial charge in [0.15, 0.2) is 0 Å². The maximum atomic E-state index is 5.85. The number of hydrogen-bond acceptors (Lipinski definition) is 4. The van der Waals surface area contributed by atoms with Gasteiger partial charge in [-0.3, -0.25) is 0 Å². The Morgan fingerprint density at radius 3 is 3.00 bits per heavy atom. The lowest BCUT2D eigenvalue weighted by molar-refractivity contribution is 0.575. The van der Waals surface area contributed by atoms with Crippen molar-refractivity contribution in [3.8, 4) is 0 Å². The molecule has 0 bridgehead atoms. The molecule has 0 unspecified atom stereocenters. The molecule has 0 radical (unpaired) electrons. The van der Waals surface area contributed by atoms with Gasteiger partial charge in [0, 0.05) is 25.4 Å². The molecule has 1 aliphatic heterocycles. The molecule has 1 saturated heterocycles. The molecule has 0 saturated carbocycles. The maximum absolute atomic E-state index is 5.85. The highest BCUT2D eigenvalue weighted by Crippen LogP contribution is 2.17. The van der Waals surface area contributed by atoms with E-state index in [0.717, 1.165) is 31.1 Å². The molecule has 1 fully saturated rings. The Labute approximate surface area is 101 Å². The minimum atomic E-state index is 0.325. The fourth-order valence-electron chi connectivity index (χ4n) is 2.06. The van der Waals surface area contributed by atoms with Gasteiger partial charge in [-0.05, 0) is 44.0 Å². The fourth-order valence-corrected chi connectivity index (χ4v) is 2.28. The molecule has 2 heterocycles. The van der Waals surface area contributed by atoms with Gasteiger partial charge in [-0.15, -0.1) is 0 Å². The predicted molar refractivity (Wildman–Crippen MR) is 66.0 cm³/mol. The second kappa shape index (κ2) is 4.97. The summed E-state index contributed by atoms with van der Waals surface area (Å²) in [6.07, 6.45) is 1.24. The van der Waals surface area contributed by atoms with Crippen LogP contribution in [0.25, 0.3) is 0 Å². The van der Waals surface area contributed by atoms with Crippen molar-refractivity contribution in [1.82, 2.24) is 15.3 Å². The van der Waals surface area contributed by atoms with Crippen LogP contribution >= 0.6 is 11.6 Å². The van der Waals surface area contributed by atoms with E-state index in [-0.39, 0.29) is 0 Å². The zero-order valence-electron chi connectivity index (χ0n) is 9.70. The Kier molecular flexibility index (Phi) is 3.61. The molecular formula is C11H17ClN4. The SMILES string of the molecule is Cc1cc(N(C)C[C@H]2CCNC2)nc(Cl)n1. The van der Waals surface area contributed by atoms with E-state index in [1.165, 1.54) is 6.42 Å². The van der Waals surface area contributed by atoms with Crippen LogP contribution in [0.1, 0.15) is 12.1 Å². The standard InChI is InChI=1S/C11H17ClN4/c1-8-5-10(15-11(12)14-8)16(2)7-9-3-4-13-6-9/h5,9,13H,3-4,6-7H2,1-2H3/t9-/m0/s1. The van der Waals surface area contributed by atoms with Crippen LogP contribution in [0.2, 0.25) is 5.28 Å². The quantitative estimate of drug-likeness (QED) is 0.813. The van der Waals surface area contributed by atoms with Crippen molar-refractivity contribution < 1.29 is 0 Å². The average molecular weight is 241 g/mol. The Morgan fingerprint density at radius 2 is 2.38 bits per heavy atom. The summed E-state index contributed by atoms with van der Waals surface area (Å²) in [7, 11) is 2.05. The molecule has 1 atom stereocenters. The van der Waals surface area contributed by atoms with Crippen molar-refractivity contribution in [2.45, 2.75) is 13.3 Å². The van der Waals surface area contributed by atoms with Crippen molar-refractivity contribution in [3.05, 3.63) is 17.0 Å². The summed E-state index contributed by atoms with van der Waals surface area (Å²) in [5.41, 5.74) is 0.909. The molecule has 0 aromatic carbocycles. The van der Waals surface area contributed by atoms with Crippen LogP contribution < -0.4 is 10.2 Å². The number of halogens is 1. The molecule has 0 amide bonds. The van der Waals surface area contributed by atoms with Crippen LogP contribution in [0.4, 0.5) is 5.82 Å². The summed E-state index contributed by atoms with van der Waals surface area (Å²) in [6, 6.07) is 1.97. The van der Waals surface area contributed by atoms with E-state index in [2.05, 4.69) is 27.2 Å². The molecule has 1 aromatic rings. The van der Waals surface area contributed by atoms with Gasteiger partial charge in [-0.2, -0.15) is 0 Å². The zero-order chi connectivity index (χ0) is 11.5. The van der Waals surface area contributed by atoms with E-state index in [9.17, 15) is 0 Å². The Bertz CT molecular complexity index is 343. The minimum absolute atomic E-state index is 0.325. The first kappa shape index (κ1) is 11.6. The molecule has 1 aliphatic rings. The number of nitrogens with zero attached hydrogens (tertiary/aromatic N) is 3. The smallest absolute Gasteiger partial charge is 0.224 e. The Hall–Kier alpha value is -0.870. The maximum Gasteiger partial charge on any atom is 0.224 e. The lowest BCUT2D eigenvalue weighted by Crippen LogP contribution is -2.27. The highest BCUT2D eigenvalue weighted by molar-refractivity contribution is 6.28. The second-order valence-corrected chi connectivity index (χ2v) is 4.71. The van der Waals surface area contributed by atoms with Crippen molar-refractivity contribution in [2.24, 2.45) is 5.92 Å². The van der Waals surface area contributed by atoms with Gasteiger partial charge < -0.3 is 10.2 Å². The Balaban J connectivity index is 2.04. The number of hydrogen-bond donors (Lipinski definition) is 1. The summed E-state index contributed by atoms with van der Waals surface area (Å²) in [6.45, 7) is 5.17. The third kappa shape index (κ3) is 2.83. The topological polar surface area (TPSA) is 41.0 Å². The first-order valence-electron chi connectivity index (χ1n) is 5.58. The van der Waals surface area contributed by atoms with Crippen LogP contribution in [-0.4, -0.2) is 36.6 Å². The van der Waals surface area contributed by atoms with E-state index in [1.807, 2.05) is 13.0 Å². The van der Waals surface area contributed by atoms with Gasteiger partial charge in [0.25, 0.3) is 0 Å². The van der Waals surface area contributed by atoms with Gasteiger partial charge in [0.2, 0.25) is 5.28 Å². The summed E-state index contributed by atoms with van der Waals surface area (Å²) in [4.78, 5) is 10.5. The van der Waals surface area contributed by atoms with Crippen LogP contribution in [0.3, 0.4) is 0 Å². The van der Waals surface area contributed by atoms with Gasteiger partial charge in [0.05, 0.1) is 0 Å². The monoisotopic (exact) mass is 240 g/mol. The fraction of sp³-hybridized carbons (Fsp3) is 0.636. The highest BCUT2D eigenvalue weighted by atomic mass is 35.5. The van der Waals surface area contributed by atoms with Crippen molar-refractivity contribution in [3.63, 3.8) is 0 Å². The molecule has 0 spiro atoms. The number of aromatic nitrogens is 2. The molecule has 2 rings (SSSR count). The Morgan fingerprint density at radius 1 is 1.56 bits per heavy atom. The van der Waals surface area contributed by atoms with Crippen LogP contribution in [0.15, 0.2) is 6.07 Å². The summed E-state index contributed by atoms with van der Waals surface area (Å²) < 4.78 is 0. The highest BCUT2D eigenvalue weighted by Gasteiger charge is 2.17. The number of anilines is 1. The molecule has 16 heavy (non-hydrogen) atoms. The number of nitrogens with one attached hydrogen (secondary N) is 1. The molecular weight excluding hydrogens is 224 g/mol. The number of rotatable bonds is 3. The van der Waals surface area contributed by atoms with E-state index >= 15 is 0 Å². The van der Waals surface area contributed by atoms with Crippen LogP contribution in [0, 0.1) is 12.8 Å². The third-order valence-corrected chi connectivity index (χ3v) is 3.07. The lowest BCUT2D eigenvalue weighted by Gasteiger charge is -2.21. The van der Waals surface area contributed by atoms with Gasteiger partial charge in [0.1, 0.15) is 5.82 Å². The second-order valence-electron chi connectivity index (χ2n) is 4.38. The first-order chi connectivity index (χ1) is 7.65. The van der Waals surface area contributed by atoms with E-state index in [1.54, 1.807) is 0 Å². The van der Waals surface area contributed by atoms with Crippen molar-refractivity contribution in [2.75, 3.05) is 31.6 Å². The molecule has 4 nitrogen and oxygen atoms in total. The normalized spacial score (nSPS) is 20.1. The molecule has 0 aliphatic carbocycles. The number of aryl methyl sites for hydroxylation is 1. The minimum Gasteiger partial charge on any atom is -0.359 e. The lowest BCUT2D eigenvalue weighted by atomic mass is 10.1. The molecule has 5 heteroatoms. The average Bonchev–Trinajstić information content (AvgIpc) is 2.68. The molecule has 1 aromatic heterocycles. The van der Waals surface area contributed by atoms with Crippen molar-refractivity contribution in [1.29, 1.82) is 0 Å². The van der Waals surface area contributed by atoms with Gasteiger partial charge in [-0.1, -0.05) is 0 Å². The van der Waals surface area contributed by atoms with Gasteiger partial charge in [-0.25, -0.2) is 9.97 Å². The molecule has 88 valence electrons. The summed E-state index contributed by atoms with van der Waals surface area (Å²) in [5.74, 6) is 1.61. The summed E-state index contributed by atoms with van der Waals surface area (Å²) in [5, 5.41) is 3.69. The predicted octanol–water partition coefficient (Wildman–Crippen LogP) is 1.48. The van der Waals surface area contributed by atoms with E-state index in [0.29, 0.717) is 11.2 Å². The first-order valence-corrected chi connectivity index (χ1v) is 5.96. The largest absolute Gasteiger partial charge is 0.359 e. The van der Waals surface area contributed by atoms with Crippen molar-refractivity contribution >= 4 is 17.4 Å². The zero-order valence-corrected chi connectivity index (χ0v) is 10.5. The van der Waals surface area contributed by atoms with E-state index in [4.69, 9.17) is 11.6 Å². The third-order valence-electron chi connectivity index (χ3n) is 2.90. The summed E-state index contributed by atoms with van der Waals surface area (Å²) >= 11 is 5.85. The van der Waals surface area contributed by atoms with Crippen LogP contribution in [0.5, 0.6) is 0 Å².